The quantitative estimate of drug-likeness (QED) is 0.755. The highest BCUT2D eigenvalue weighted by Crippen LogP contribution is 2.17. The molecule has 6 heteroatoms. The average Bonchev–Trinajstić information content (AvgIpc) is 2.38. The lowest BCUT2D eigenvalue weighted by molar-refractivity contribution is -0.139. The maximum Gasteiger partial charge on any atom is 0.326 e. The van der Waals surface area contributed by atoms with Crippen molar-refractivity contribution in [3.63, 3.8) is 0 Å². The van der Waals surface area contributed by atoms with Gasteiger partial charge >= 0.3 is 12.0 Å². The zero-order chi connectivity index (χ0) is 15.1. The number of urea groups is 1. The SMILES string of the molecule is CCC[C@H](NC(=O)NC(C)c1cccc(Cl)c1)C(=O)O. The first kappa shape index (κ1) is 16.3. The second-order valence-electron chi connectivity index (χ2n) is 4.57. The second-order valence-corrected chi connectivity index (χ2v) is 5.01. The number of carbonyl (C=O) groups excluding carboxylic acids is 1. The number of nitrogens with one attached hydrogen (secondary N) is 2. The molecule has 1 aromatic rings. The molecule has 1 unspecified atom stereocenters. The number of carboxylic acid groups (broad SMARTS) is 1. The molecule has 0 aliphatic heterocycles. The monoisotopic (exact) mass is 298 g/mol. The van der Waals surface area contributed by atoms with Crippen LogP contribution in [-0.4, -0.2) is 23.1 Å². The van der Waals surface area contributed by atoms with E-state index in [0.717, 1.165) is 5.56 Å². The Hall–Kier alpha value is -1.75. The van der Waals surface area contributed by atoms with Gasteiger partial charge < -0.3 is 15.7 Å². The van der Waals surface area contributed by atoms with Gasteiger partial charge in [0.2, 0.25) is 0 Å². The number of aliphatic carboxylic acids is 1. The molecule has 110 valence electrons. The van der Waals surface area contributed by atoms with Crippen molar-refractivity contribution >= 4 is 23.6 Å². The fraction of sp³-hybridized carbons (Fsp3) is 0.429. The normalized spacial score (nSPS) is 13.3. The molecule has 0 fully saturated rings. The first-order chi connectivity index (χ1) is 9.43. The number of hydrogen-bond acceptors (Lipinski definition) is 2. The lowest BCUT2D eigenvalue weighted by Crippen LogP contribution is -2.46. The van der Waals surface area contributed by atoms with Crippen LogP contribution in [0.1, 0.15) is 38.3 Å². The van der Waals surface area contributed by atoms with Gasteiger partial charge in [0.05, 0.1) is 6.04 Å². The highest BCUT2D eigenvalue weighted by atomic mass is 35.5. The van der Waals surface area contributed by atoms with Crippen LogP contribution in [0.3, 0.4) is 0 Å². The third kappa shape index (κ3) is 5.09. The molecule has 0 aliphatic rings. The summed E-state index contributed by atoms with van der Waals surface area (Å²) in [5.74, 6) is -1.03. The Labute approximate surface area is 123 Å². The van der Waals surface area contributed by atoms with Crippen molar-refractivity contribution in [3.05, 3.63) is 34.9 Å². The molecule has 2 atom stereocenters. The van der Waals surface area contributed by atoms with Gasteiger partial charge in [0, 0.05) is 5.02 Å². The largest absolute Gasteiger partial charge is 0.480 e. The molecule has 3 N–H and O–H groups in total. The van der Waals surface area contributed by atoms with Gasteiger partial charge in [0.25, 0.3) is 0 Å². The molecule has 0 heterocycles. The summed E-state index contributed by atoms with van der Waals surface area (Å²) in [5, 5.41) is 14.7. The standard InChI is InChI=1S/C14H19ClN2O3/c1-3-5-12(13(18)19)17-14(20)16-9(2)10-6-4-7-11(15)8-10/h4,6-9,12H,3,5H2,1-2H3,(H,18,19)(H2,16,17,20)/t9?,12-/m0/s1. The second kappa shape index (κ2) is 7.75. The van der Waals surface area contributed by atoms with Gasteiger partial charge in [0.1, 0.15) is 6.04 Å². The van der Waals surface area contributed by atoms with E-state index in [1.54, 1.807) is 25.1 Å². The van der Waals surface area contributed by atoms with Crippen LogP contribution < -0.4 is 10.6 Å². The van der Waals surface area contributed by atoms with Crippen LogP contribution in [0.4, 0.5) is 4.79 Å². The van der Waals surface area contributed by atoms with Crippen LogP contribution >= 0.6 is 11.6 Å². The van der Waals surface area contributed by atoms with Crippen LogP contribution in [0.25, 0.3) is 0 Å². The Morgan fingerprint density at radius 2 is 2.05 bits per heavy atom. The molecule has 1 aromatic carbocycles. The van der Waals surface area contributed by atoms with Gasteiger partial charge in [-0.15, -0.1) is 0 Å². The van der Waals surface area contributed by atoms with Crippen molar-refractivity contribution in [2.45, 2.75) is 38.8 Å². The zero-order valence-electron chi connectivity index (χ0n) is 11.5. The number of amides is 2. The van der Waals surface area contributed by atoms with Crippen molar-refractivity contribution in [2.75, 3.05) is 0 Å². The fourth-order valence-electron chi connectivity index (χ4n) is 1.80. The lowest BCUT2D eigenvalue weighted by Gasteiger charge is -2.18. The molecule has 2 amide bonds. The summed E-state index contributed by atoms with van der Waals surface area (Å²) in [7, 11) is 0. The molecule has 0 aliphatic carbocycles. The molecule has 0 saturated heterocycles. The van der Waals surface area contributed by atoms with Crippen molar-refractivity contribution in [2.24, 2.45) is 0 Å². The van der Waals surface area contributed by atoms with E-state index in [1.807, 2.05) is 13.0 Å². The molecule has 1 rings (SSSR count). The molecule has 0 bridgehead atoms. The first-order valence-electron chi connectivity index (χ1n) is 6.49. The topological polar surface area (TPSA) is 78.4 Å². The highest BCUT2D eigenvalue weighted by Gasteiger charge is 2.19. The van der Waals surface area contributed by atoms with Crippen LogP contribution in [0, 0.1) is 0 Å². The van der Waals surface area contributed by atoms with E-state index in [2.05, 4.69) is 10.6 Å². The maximum atomic E-state index is 11.8. The predicted molar refractivity (Wildman–Crippen MR) is 77.9 cm³/mol. The number of rotatable bonds is 6. The van der Waals surface area contributed by atoms with Crippen molar-refractivity contribution in [1.29, 1.82) is 0 Å². The minimum absolute atomic E-state index is 0.259. The van der Waals surface area contributed by atoms with Gasteiger partial charge in [-0.05, 0) is 31.0 Å². The van der Waals surface area contributed by atoms with Crippen LogP contribution in [0.2, 0.25) is 5.02 Å². The summed E-state index contributed by atoms with van der Waals surface area (Å²) in [4.78, 5) is 22.7. The Bertz CT molecular complexity index is 479. The lowest BCUT2D eigenvalue weighted by atomic mass is 10.1. The van der Waals surface area contributed by atoms with E-state index < -0.39 is 18.0 Å². The molecular weight excluding hydrogens is 280 g/mol. The number of hydrogen-bond donors (Lipinski definition) is 3. The van der Waals surface area contributed by atoms with E-state index in [-0.39, 0.29) is 6.04 Å². The molecule has 0 aromatic heterocycles. The highest BCUT2D eigenvalue weighted by molar-refractivity contribution is 6.30. The zero-order valence-corrected chi connectivity index (χ0v) is 12.3. The Balaban J connectivity index is 2.59. The third-order valence-electron chi connectivity index (χ3n) is 2.88. The Morgan fingerprint density at radius 3 is 2.60 bits per heavy atom. The van der Waals surface area contributed by atoms with Gasteiger partial charge in [0.15, 0.2) is 0 Å². The van der Waals surface area contributed by atoms with Crippen LogP contribution in [0.15, 0.2) is 24.3 Å². The minimum atomic E-state index is -1.03. The molecule has 5 nitrogen and oxygen atoms in total. The molecule has 0 saturated carbocycles. The minimum Gasteiger partial charge on any atom is -0.480 e. The summed E-state index contributed by atoms with van der Waals surface area (Å²) in [6.45, 7) is 3.67. The van der Waals surface area contributed by atoms with Gasteiger partial charge in [-0.3, -0.25) is 0 Å². The Kier molecular flexibility index (Phi) is 6.31. The van der Waals surface area contributed by atoms with E-state index in [1.165, 1.54) is 0 Å². The fourth-order valence-corrected chi connectivity index (χ4v) is 2.00. The molecule has 0 spiro atoms. The molecule has 20 heavy (non-hydrogen) atoms. The van der Waals surface area contributed by atoms with Crippen molar-refractivity contribution < 1.29 is 14.7 Å². The van der Waals surface area contributed by atoms with E-state index in [0.29, 0.717) is 17.9 Å². The van der Waals surface area contributed by atoms with Crippen LogP contribution in [0.5, 0.6) is 0 Å². The smallest absolute Gasteiger partial charge is 0.326 e. The molecule has 0 radical (unpaired) electrons. The van der Waals surface area contributed by atoms with Crippen LogP contribution in [-0.2, 0) is 4.79 Å². The Morgan fingerprint density at radius 1 is 1.35 bits per heavy atom. The number of halogens is 1. The summed E-state index contributed by atoms with van der Waals surface area (Å²) < 4.78 is 0. The summed E-state index contributed by atoms with van der Waals surface area (Å²) in [6, 6.07) is 5.52. The van der Waals surface area contributed by atoms with Crippen molar-refractivity contribution in [1.82, 2.24) is 10.6 Å². The maximum absolute atomic E-state index is 11.8. The summed E-state index contributed by atoms with van der Waals surface area (Å²) in [5.41, 5.74) is 0.856. The van der Waals surface area contributed by atoms with E-state index >= 15 is 0 Å². The number of benzene rings is 1. The number of carbonyl (C=O) groups is 2. The van der Waals surface area contributed by atoms with Crippen molar-refractivity contribution in [3.8, 4) is 0 Å². The van der Waals surface area contributed by atoms with Gasteiger partial charge in [-0.1, -0.05) is 37.1 Å². The number of carboxylic acids is 1. The predicted octanol–water partition coefficient (Wildman–Crippen LogP) is 2.95. The van der Waals surface area contributed by atoms with Gasteiger partial charge in [-0.2, -0.15) is 0 Å². The first-order valence-corrected chi connectivity index (χ1v) is 6.87. The van der Waals surface area contributed by atoms with Gasteiger partial charge in [-0.25, -0.2) is 9.59 Å². The van der Waals surface area contributed by atoms with E-state index in [4.69, 9.17) is 16.7 Å². The molecular formula is C14H19ClN2O3. The third-order valence-corrected chi connectivity index (χ3v) is 3.11. The summed E-state index contributed by atoms with van der Waals surface area (Å²) >= 11 is 5.89. The van der Waals surface area contributed by atoms with E-state index in [9.17, 15) is 9.59 Å². The summed E-state index contributed by atoms with van der Waals surface area (Å²) in [6.07, 6.45) is 1.08. The average molecular weight is 299 g/mol.